The molecule has 9 heteroatoms. The van der Waals surface area contributed by atoms with Crippen molar-refractivity contribution in [1.29, 1.82) is 0 Å². The van der Waals surface area contributed by atoms with Crippen molar-refractivity contribution in [3.8, 4) is 11.5 Å². The lowest BCUT2D eigenvalue weighted by atomic mass is 9.90. The van der Waals surface area contributed by atoms with Gasteiger partial charge in [0.15, 0.2) is 0 Å². The molecular weight excluding hydrogens is 432 g/mol. The lowest BCUT2D eigenvalue weighted by Gasteiger charge is -2.32. The maximum Gasteiger partial charge on any atom is 0.325 e. The van der Waals surface area contributed by atoms with Gasteiger partial charge in [0, 0.05) is 12.3 Å². The van der Waals surface area contributed by atoms with Crippen molar-refractivity contribution >= 4 is 34.7 Å². The predicted octanol–water partition coefficient (Wildman–Crippen LogP) is 3.30. The molecule has 4 rings (SSSR count). The average Bonchev–Trinajstić information content (AvgIpc) is 3.14. The molecule has 1 atom stereocenters. The van der Waals surface area contributed by atoms with Crippen molar-refractivity contribution in [2.24, 2.45) is 0 Å². The number of aromatic nitrogens is 1. The highest BCUT2D eigenvalue weighted by molar-refractivity contribution is 7.10. The van der Waals surface area contributed by atoms with E-state index in [1.54, 1.807) is 38.5 Å². The van der Waals surface area contributed by atoms with Gasteiger partial charge in [-0.25, -0.2) is 0 Å². The molecule has 0 saturated carbocycles. The quantitative estimate of drug-likeness (QED) is 0.531. The Morgan fingerprint density at radius 2 is 1.75 bits per heavy atom. The first-order valence-corrected chi connectivity index (χ1v) is 10.7. The van der Waals surface area contributed by atoms with Gasteiger partial charge in [0.2, 0.25) is 5.91 Å². The Balaban J connectivity index is 1.89. The van der Waals surface area contributed by atoms with E-state index in [0.717, 1.165) is 16.9 Å². The number of hydrogen-bond acceptors (Lipinski definition) is 7. The summed E-state index contributed by atoms with van der Waals surface area (Å²) in [5, 5.41) is 0. The van der Waals surface area contributed by atoms with Gasteiger partial charge in [0.25, 0.3) is 0 Å². The Labute approximate surface area is 188 Å². The van der Waals surface area contributed by atoms with E-state index in [2.05, 4.69) is 0 Å². The molecule has 0 aliphatic carbocycles. The molecule has 8 nitrogen and oxygen atoms in total. The van der Waals surface area contributed by atoms with Gasteiger partial charge in [-0.2, -0.15) is 0 Å². The third-order valence-corrected chi connectivity index (χ3v) is 6.47. The van der Waals surface area contributed by atoms with E-state index in [1.165, 1.54) is 16.6 Å². The van der Waals surface area contributed by atoms with Crippen LogP contribution in [0.25, 0.3) is 0 Å². The Bertz CT molecular complexity index is 1210. The van der Waals surface area contributed by atoms with E-state index < -0.39 is 5.97 Å². The molecule has 1 aliphatic rings. The fourth-order valence-electron chi connectivity index (χ4n) is 3.81. The van der Waals surface area contributed by atoms with Crippen LogP contribution in [0.4, 0.5) is 11.5 Å². The third-order valence-electron chi connectivity index (χ3n) is 5.39. The maximum absolute atomic E-state index is 13.4. The van der Waals surface area contributed by atoms with Crippen molar-refractivity contribution in [1.82, 2.24) is 4.57 Å². The Morgan fingerprint density at radius 1 is 1.03 bits per heavy atom. The van der Waals surface area contributed by atoms with E-state index in [-0.39, 0.29) is 29.7 Å². The standard InChI is InChI=1S/C23H22N2O6S/c1-29-16-9-7-15(8-10-16)25-19(26)12-18(14-5-4-6-17(11-14)30-2)21-22(25)24(23(28)32-21)13-20(27)31-3/h4-11,18H,12-13H2,1-3H3. The highest BCUT2D eigenvalue weighted by Gasteiger charge is 2.38. The largest absolute Gasteiger partial charge is 0.497 e. The van der Waals surface area contributed by atoms with E-state index in [0.29, 0.717) is 27.9 Å². The van der Waals surface area contributed by atoms with Crippen molar-refractivity contribution in [2.45, 2.75) is 18.9 Å². The number of anilines is 2. The minimum Gasteiger partial charge on any atom is -0.497 e. The van der Waals surface area contributed by atoms with Crippen LogP contribution in [-0.2, 0) is 20.9 Å². The van der Waals surface area contributed by atoms with Crippen LogP contribution >= 0.6 is 11.3 Å². The number of benzene rings is 2. The van der Waals surface area contributed by atoms with Crippen molar-refractivity contribution in [3.05, 3.63) is 68.6 Å². The van der Waals surface area contributed by atoms with Crippen LogP contribution in [0.2, 0.25) is 0 Å². The molecule has 1 aliphatic heterocycles. The zero-order valence-corrected chi connectivity index (χ0v) is 18.7. The zero-order valence-electron chi connectivity index (χ0n) is 17.9. The summed E-state index contributed by atoms with van der Waals surface area (Å²) in [6, 6.07) is 14.4. The number of nitrogens with zero attached hydrogens (tertiary/aromatic N) is 2. The second-order valence-corrected chi connectivity index (χ2v) is 8.17. The van der Waals surface area contributed by atoms with Gasteiger partial charge in [0.05, 0.1) is 31.9 Å². The summed E-state index contributed by atoms with van der Waals surface area (Å²) in [4.78, 5) is 40.3. The molecule has 3 aromatic rings. The number of fused-ring (bicyclic) bond motifs is 1. The molecule has 1 amide bonds. The molecule has 32 heavy (non-hydrogen) atoms. The van der Waals surface area contributed by atoms with Crippen LogP contribution in [0.15, 0.2) is 53.3 Å². The van der Waals surface area contributed by atoms with E-state index in [9.17, 15) is 14.4 Å². The summed E-state index contributed by atoms with van der Waals surface area (Å²) >= 11 is 1.03. The van der Waals surface area contributed by atoms with Gasteiger partial charge in [-0.3, -0.25) is 23.9 Å². The van der Waals surface area contributed by atoms with E-state index in [1.807, 2.05) is 24.3 Å². The van der Waals surface area contributed by atoms with Crippen molar-refractivity contribution in [2.75, 3.05) is 26.2 Å². The fourth-order valence-corrected chi connectivity index (χ4v) is 4.91. The van der Waals surface area contributed by atoms with Crippen LogP contribution in [0.5, 0.6) is 11.5 Å². The molecular formula is C23H22N2O6S. The van der Waals surface area contributed by atoms with E-state index >= 15 is 0 Å². The third kappa shape index (κ3) is 3.87. The highest BCUT2D eigenvalue weighted by Crippen LogP contribution is 2.45. The summed E-state index contributed by atoms with van der Waals surface area (Å²) in [5.41, 5.74) is 1.44. The molecule has 2 aromatic carbocycles. The number of ether oxygens (including phenoxy) is 3. The van der Waals surface area contributed by atoms with Gasteiger partial charge < -0.3 is 14.2 Å². The number of hydrogen-bond donors (Lipinski definition) is 0. The second-order valence-electron chi connectivity index (χ2n) is 7.18. The average molecular weight is 455 g/mol. The molecule has 0 fully saturated rings. The monoisotopic (exact) mass is 454 g/mol. The molecule has 2 heterocycles. The Morgan fingerprint density at radius 3 is 2.41 bits per heavy atom. The van der Waals surface area contributed by atoms with Gasteiger partial charge in [0.1, 0.15) is 23.9 Å². The molecule has 0 bridgehead atoms. The van der Waals surface area contributed by atoms with Gasteiger partial charge in [-0.05, 0) is 42.0 Å². The van der Waals surface area contributed by atoms with Gasteiger partial charge in [-0.15, -0.1) is 0 Å². The first-order valence-electron chi connectivity index (χ1n) is 9.88. The zero-order chi connectivity index (χ0) is 22.8. The molecule has 1 unspecified atom stereocenters. The summed E-state index contributed by atoms with van der Waals surface area (Å²) in [7, 11) is 4.40. The second kappa shape index (κ2) is 8.88. The summed E-state index contributed by atoms with van der Waals surface area (Å²) < 4.78 is 16.6. The number of esters is 1. The molecule has 0 N–H and O–H groups in total. The smallest absolute Gasteiger partial charge is 0.325 e. The van der Waals surface area contributed by atoms with Crippen LogP contribution in [0, 0.1) is 0 Å². The van der Waals surface area contributed by atoms with Crippen molar-refractivity contribution < 1.29 is 23.8 Å². The summed E-state index contributed by atoms with van der Waals surface area (Å²) in [6.07, 6.45) is 0.171. The van der Waals surface area contributed by atoms with Crippen LogP contribution in [-0.4, -0.2) is 37.8 Å². The number of rotatable bonds is 6. The first kappa shape index (κ1) is 21.6. The molecule has 0 radical (unpaired) electrons. The lowest BCUT2D eigenvalue weighted by molar-refractivity contribution is -0.141. The van der Waals surface area contributed by atoms with Crippen LogP contribution in [0.3, 0.4) is 0 Å². The van der Waals surface area contributed by atoms with Crippen LogP contribution in [0.1, 0.15) is 22.8 Å². The number of thiazole rings is 1. The number of carbonyl (C=O) groups excluding carboxylic acids is 2. The molecule has 166 valence electrons. The molecule has 0 spiro atoms. The minimum atomic E-state index is -0.571. The van der Waals surface area contributed by atoms with Gasteiger partial charge in [-0.1, -0.05) is 23.5 Å². The highest BCUT2D eigenvalue weighted by atomic mass is 32.1. The SMILES string of the molecule is COC(=O)Cn1c2c(sc1=O)C(c1cccc(OC)c1)CC(=O)N2c1ccc(OC)cc1. The number of methoxy groups -OCH3 is 3. The Hall–Kier alpha value is -3.59. The van der Waals surface area contributed by atoms with E-state index in [4.69, 9.17) is 14.2 Å². The lowest BCUT2D eigenvalue weighted by Crippen LogP contribution is -2.36. The predicted molar refractivity (Wildman–Crippen MR) is 120 cm³/mol. The molecule has 0 saturated heterocycles. The topological polar surface area (TPSA) is 87.1 Å². The summed E-state index contributed by atoms with van der Waals surface area (Å²) in [6.45, 7) is -0.286. The van der Waals surface area contributed by atoms with Crippen LogP contribution < -0.4 is 19.2 Å². The normalized spacial score (nSPS) is 15.3. The fraction of sp³-hybridized carbons (Fsp3) is 0.261. The summed E-state index contributed by atoms with van der Waals surface area (Å²) in [5.74, 6) is 0.601. The molecule has 1 aromatic heterocycles. The number of amides is 1. The maximum atomic E-state index is 13.4. The van der Waals surface area contributed by atoms with Gasteiger partial charge >= 0.3 is 10.8 Å². The Kier molecular flexibility index (Phi) is 6.00. The minimum absolute atomic E-state index is 0.171. The first-order chi connectivity index (χ1) is 15.5. The van der Waals surface area contributed by atoms with Crippen molar-refractivity contribution in [3.63, 3.8) is 0 Å². The number of carbonyl (C=O) groups is 2.